The summed E-state index contributed by atoms with van der Waals surface area (Å²) in [5, 5.41) is 10.8. The summed E-state index contributed by atoms with van der Waals surface area (Å²) in [6.45, 7) is 7.50. The maximum Gasteiger partial charge on any atom is 0.194 e. The molecule has 0 saturated carbocycles. The highest BCUT2D eigenvalue weighted by Crippen LogP contribution is 2.22. The molecule has 0 aromatic carbocycles. The van der Waals surface area contributed by atoms with E-state index >= 15 is 0 Å². The predicted molar refractivity (Wildman–Crippen MR) is 89.4 cm³/mol. The largest absolute Gasteiger partial charge is 0.364 e. The number of thiophene rings is 1. The van der Waals surface area contributed by atoms with Crippen molar-refractivity contribution in [2.75, 3.05) is 37.6 Å². The average Bonchev–Trinajstić information content (AvgIpc) is 3.25. The van der Waals surface area contributed by atoms with Gasteiger partial charge in [-0.15, -0.1) is 11.3 Å². The molecule has 1 N–H and O–H groups in total. The van der Waals surface area contributed by atoms with Gasteiger partial charge >= 0.3 is 0 Å². The van der Waals surface area contributed by atoms with Crippen molar-refractivity contribution < 1.29 is 4.52 Å². The van der Waals surface area contributed by atoms with Crippen molar-refractivity contribution in [2.24, 2.45) is 4.99 Å². The van der Waals surface area contributed by atoms with Crippen LogP contribution in [-0.4, -0.2) is 48.7 Å². The highest BCUT2D eigenvalue weighted by atomic mass is 32.1. The van der Waals surface area contributed by atoms with Gasteiger partial charge in [0.1, 0.15) is 12.0 Å². The first-order valence-corrected chi connectivity index (χ1v) is 8.45. The number of piperazine rings is 1. The zero-order valence-corrected chi connectivity index (χ0v) is 13.6. The molecule has 1 saturated heterocycles. The van der Waals surface area contributed by atoms with Crippen molar-refractivity contribution in [3.8, 4) is 0 Å². The monoisotopic (exact) mass is 319 g/mol. The molecule has 0 atom stereocenters. The first kappa shape index (κ1) is 14.9. The van der Waals surface area contributed by atoms with E-state index in [-0.39, 0.29) is 0 Å². The van der Waals surface area contributed by atoms with Crippen LogP contribution in [0.1, 0.15) is 12.6 Å². The molecule has 0 unspecified atom stereocenters. The smallest absolute Gasteiger partial charge is 0.194 e. The minimum atomic E-state index is 0.546. The van der Waals surface area contributed by atoms with Gasteiger partial charge < -0.3 is 19.6 Å². The minimum Gasteiger partial charge on any atom is -0.364 e. The van der Waals surface area contributed by atoms with Crippen LogP contribution in [0.25, 0.3) is 0 Å². The molecule has 1 fully saturated rings. The van der Waals surface area contributed by atoms with Crippen molar-refractivity contribution >= 4 is 22.3 Å². The Morgan fingerprint density at radius 2 is 2.23 bits per heavy atom. The van der Waals surface area contributed by atoms with E-state index in [1.54, 1.807) is 17.6 Å². The molecule has 0 radical (unpaired) electrons. The third kappa shape index (κ3) is 3.59. The van der Waals surface area contributed by atoms with Crippen LogP contribution in [0.15, 0.2) is 39.4 Å². The fraction of sp³-hybridized carbons (Fsp3) is 0.467. The second kappa shape index (κ2) is 7.31. The van der Waals surface area contributed by atoms with E-state index in [1.165, 1.54) is 5.00 Å². The molecule has 3 heterocycles. The highest BCUT2D eigenvalue weighted by Gasteiger charge is 2.20. The third-order valence-electron chi connectivity index (χ3n) is 3.61. The van der Waals surface area contributed by atoms with Gasteiger partial charge in [-0.25, -0.2) is 4.99 Å². The zero-order chi connectivity index (χ0) is 15.2. The van der Waals surface area contributed by atoms with Gasteiger partial charge in [0.05, 0.1) is 11.5 Å². The Hall–Kier alpha value is -2.02. The number of hydrogen-bond donors (Lipinski definition) is 1. The first-order valence-electron chi connectivity index (χ1n) is 7.58. The predicted octanol–water partition coefficient (Wildman–Crippen LogP) is 2.02. The molecule has 2 aromatic rings. The van der Waals surface area contributed by atoms with Crippen LogP contribution in [0.3, 0.4) is 0 Å². The number of aliphatic imine (C=N–C) groups is 1. The quantitative estimate of drug-likeness (QED) is 0.690. The average molecular weight is 319 g/mol. The van der Waals surface area contributed by atoms with E-state index < -0.39 is 0 Å². The van der Waals surface area contributed by atoms with Gasteiger partial charge in [0.15, 0.2) is 5.96 Å². The van der Waals surface area contributed by atoms with Crippen molar-refractivity contribution in [2.45, 2.75) is 13.5 Å². The first-order chi connectivity index (χ1) is 10.9. The van der Waals surface area contributed by atoms with E-state index in [2.05, 4.69) is 49.7 Å². The normalized spacial score (nSPS) is 16.1. The van der Waals surface area contributed by atoms with E-state index in [4.69, 9.17) is 4.52 Å². The molecule has 6 nitrogen and oxygen atoms in total. The second-order valence-electron chi connectivity index (χ2n) is 5.09. The van der Waals surface area contributed by atoms with Crippen LogP contribution in [-0.2, 0) is 6.54 Å². The number of nitrogens with one attached hydrogen (secondary N) is 1. The summed E-state index contributed by atoms with van der Waals surface area (Å²) in [7, 11) is 0. The van der Waals surface area contributed by atoms with Crippen LogP contribution in [0.2, 0.25) is 0 Å². The standard InChI is InChI=1S/C15H21N5OS/c1-2-16-15(17-12-13-5-10-21-18-13)20-8-6-19(7-9-20)14-4-3-11-22-14/h3-5,10-11H,2,6-9,12H2,1H3,(H,16,17). The third-order valence-corrected chi connectivity index (χ3v) is 4.54. The van der Waals surface area contributed by atoms with Gasteiger partial charge in [-0.1, -0.05) is 5.16 Å². The fourth-order valence-corrected chi connectivity index (χ4v) is 3.27. The number of aromatic nitrogens is 1. The van der Waals surface area contributed by atoms with E-state index in [9.17, 15) is 0 Å². The van der Waals surface area contributed by atoms with E-state index in [0.717, 1.165) is 44.4 Å². The number of nitrogens with zero attached hydrogens (tertiary/aromatic N) is 4. The molecule has 2 aromatic heterocycles. The maximum atomic E-state index is 4.85. The van der Waals surface area contributed by atoms with Crippen LogP contribution >= 0.6 is 11.3 Å². The molecule has 118 valence electrons. The molecule has 7 heteroatoms. The zero-order valence-electron chi connectivity index (χ0n) is 12.7. The lowest BCUT2D eigenvalue weighted by molar-refractivity contribution is 0.372. The van der Waals surface area contributed by atoms with Crippen molar-refractivity contribution in [3.05, 3.63) is 35.5 Å². The lowest BCUT2D eigenvalue weighted by atomic mass is 10.3. The topological polar surface area (TPSA) is 56.9 Å². The van der Waals surface area contributed by atoms with Crippen molar-refractivity contribution in [3.63, 3.8) is 0 Å². The summed E-state index contributed by atoms with van der Waals surface area (Å²) in [4.78, 5) is 9.41. The lowest BCUT2D eigenvalue weighted by Crippen LogP contribution is -2.52. The summed E-state index contributed by atoms with van der Waals surface area (Å²) in [6.07, 6.45) is 1.58. The summed E-state index contributed by atoms with van der Waals surface area (Å²) < 4.78 is 4.85. The second-order valence-corrected chi connectivity index (χ2v) is 6.01. The molecule has 0 amide bonds. The number of guanidine groups is 1. The van der Waals surface area contributed by atoms with Crippen molar-refractivity contribution in [1.82, 2.24) is 15.4 Å². The maximum absolute atomic E-state index is 4.85. The summed E-state index contributed by atoms with van der Waals surface area (Å²) in [5.41, 5.74) is 0.854. The van der Waals surface area contributed by atoms with Gasteiger partial charge in [0.25, 0.3) is 0 Å². The van der Waals surface area contributed by atoms with Crippen LogP contribution in [0, 0.1) is 0 Å². The fourth-order valence-electron chi connectivity index (χ4n) is 2.49. The molecule has 1 aliphatic rings. The Balaban J connectivity index is 1.59. The molecule has 0 aliphatic carbocycles. The Morgan fingerprint density at radius 3 is 2.86 bits per heavy atom. The number of hydrogen-bond acceptors (Lipinski definition) is 5. The summed E-state index contributed by atoms with van der Waals surface area (Å²) >= 11 is 1.80. The Kier molecular flexibility index (Phi) is 4.95. The number of rotatable bonds is 4. The summed E-state index contributed by atoms with van der Waals surface area (Å²) in [5.74, 6) is 0.955. The molecule has 0 spiro atoms. The molecule has 1 aliphatic heterocycles. The van der Waals surface area contributed by atoms with Gasteiger partial charge in [-0.2, -0.15) is 0 Å². The van der Waals surface area contributed by atoms with Gasteiger partial charge in [0.2, 0.25) is 0 Å². The van der Waals surface area contributed by atoms with E-state index in [0.29, 0.717) is 6.54 Å². The molecular weight excluding hydrogens is 298 g/mol. The Bertz CT molecular complexity index is 573. The van der Waals surface area contributed by atoms with Gasteiger partial charge in [0, 0.05) is 38.8 Å². The summed E-state index contributed by atoms with van der Waals surface area (Å²) in [6, 6.07) is 6.14. The SMILES string of the molecule is CCNC(=NCc1ccon1)N1CCN(c2cccs2)CC1. The Labute approximate surface area is 134 Å². The van der Waals surface area contributed by atoms with Crippen LogP contribution in [0.5, 0.6) is 0 Å². The molecule has 22 heavy (non-hydrogen) atoms. The Morgan fingerprint density at radius 1 is 1.36 bits per heavy atom. The van der Waals surface area contributed by atoms with E-state index in [1.807, 2.05) is 6.07 Å². The molecule has 0 bridgehead atoms. The number of anilines is 1. The molecule has 3 rings (SSSR count). The highest BCUT2D eigenvalue weighted by molar-refractivity contribution is 7.14. The van der Waals surface area contributed by atoms with Gasteiger partial charge in [-0.05, 0) is 24.4 Å². The van der Waals surface area contributed by atoms with Crippen molar-refractivity contribution in [1.29, 1.82) is 0 Å². The molecular formula is C15H21N5OS. The van der Waals surface area contributed by atoms with Crippen LogP contribution in [0.4, 0.5) is 5.00 Å². The van der Waals surface area contributed by atoms with Gasteiger partial charge in [-0.3, -0.25) is 0 Å². The van der Waals surface area contributed by atoms with Crippen LogP contribution < -0.4 is 10.2 Å². The lowest BCUT2D eigenvalue weighted by Gasteiger charge is -2.37. The minimum absolute atomic E-state index is 0.546.